The van der Waals surface area contributed by atoms with E-state index in [2.05, 4.69) is 22.3 Å². The number of methoxy groups -OCH3 is 1. The maximum Gasteiger partial charge on any atom is 0.161 e. The Balaban J connectivity index is 2.05. The molecule has 0 radical (unpaired) electrons. The molecule has 0 saturated carbocycles. The third kappa shape index (κ3) is 3.37. The van der Waals surface area contributed by atoms with Crippen molar-refractivity contribution in [1.29, 1.82) is 0 Å². The zero-order valence-electron chi connectivity index (χ0n) is 11.2. The van der Waals surface area contributed by atoms with E-state index in [0.717, 1.165) is 44.2 Å². The summed E-state index contributed by atoms with van der Waals surface area (Å²) in [5.74, 6) is 1.65. The molecular weight excluding hydrogens is 228 g/mol. The Labute approximate surface area is 109 Å². The van der Waals surface area contributed by atoms with Crippen LogP contribution in [0.1, 0.15) is 12.5 Å². The second-order valence-electron chi connectivity index (χ2n) is 4.44. The largest absolute Gasteiger partial charge is 0.493 e. The molecule has 1 aromatic rings. The van der Waals surface area contributed by atoms with E-state index in [1.807, 2.05) is 13.0 Å². The molecule has 0 atom stereocenters. The first-order chi connectivity index (χ1) is 8.83. The first-order valence-electron chi connectivity index (χ1n) is 6.56. The quantitative estimate of drug-likeness (QED) is 0.858. The zero-order valence-corrected chi connectivity index (χ0v) is 11.2. The average Bonchev–Trinajstić information content (AvgIpc) is 2.41. The number of hydrogen-bond acceptors (Lipinski definition) is 4. The topological polar surface area (TPSA) is 33.7 Å². The first-order valence-corrected chi connectivity index (χ1v) is 6.56. The third-order valence-electron chi connectivity index (χ3n) is 3.14. The van der Waals surface area contributed by atoms with Crippen LogP contribution in [0.3, 0.4) is 0 Å². The predicted molar refractivity (Wildman–Crippen MR) is 72.3 cm³/mol. The van der Waals surface area contributed by atoms with E-state index in [1.165, 1.54) is 5.56 Å². The second-order valence-corrected chi connectivity index (χ2v) is 4.44. The van der Waals surface area contributed by atoms with E-state index in [0.29, 0.717) is 6.61 Å². The normalized spacial score (nSPS) is 16.6. The van der Waals surface area contributed by atoms with Gasteiger partial charge in [0, 0.05) is 32.7 Å². The molecule has 4 heteroatoms. The van der Waals surface area contributed by atoms with Crippen LogP contribution in [0.25, 0.3) is 0 Å². The lowest BCUT2D eigenvalue weighted by Crippen LogP contribution is -2.42. The van der Waals surface area contributed by atoms with E-state index < -0.39 is 0 Å². The van der Waals surface area contributed by atoms with Gasteiger partial charge in [0.15, 0.2) is 11.5 Å². The Morgan fingerprint density at radius 2 is 2.00 bits per heavy atom. The van der Waals surface area contributed by atoms with Crippen LogP contribution in [0.4, 0.5) is 0 Å². The van der Waals surface area contributed by atoms with Crippen LogP contribution in [0, 0.1) is 0 Å². The number of ether oxygens (including phenoxy) is 2. The average molecular weight is 250 g/mol. The summed E-state index contributed by atoms with van der Waals surface area (Å²) in [7, 11) is 1.67. The first kappa shape index (κ1) is 13.2. The fraction of sp³-hybridized carbons (Fsp3) is 0.571. The molecule has 0 unspecified atom stereocenters. The summed E-state index contributed by atoms with van der Waals surface area (Å²) in [4.78, 5) is 2.45. The molecule has 0 aliphatic carbocycles. The number of rotatable bonds is 5. The molecule has 4 nitrogen and oxygen atoms in total. The van der Waals surface area contributed by atoms with Gasteiger partial charge in [0.05, 0.1) is 13.7 Å². The molecule has 0 spiro atoms. The van der Waals surface area contributed by atoms with Crippen molar-refractivity contribution >= 4 is 0 Å². The van der Waals surface area contributed by atoms with Crippen molar-refractivity contribution in [3.63, 3.8) is 0 Å². The van der Waals surface area contributed by atoms with Crippen molar-refractivity contribution in [1.82, 2.24) is 10.2 Å². The highest BCUT2D eigenvalue weighted by Gasteiger charge is 2.11. The van der Waals surface area contributed by atoms with Gasteiger partial charge in [-0.25, -0.2) is 0 Å². The lowest BCUT2D eigenvalue weighted by Gasteiger charge is -2.27. The summed E-state index contributed by atoms with van der Waals surface area (Å²) < 4.78 is 10.9. The van der Waals surface area contributed by atoms with Gasteiger partial charge in [-0.15, -0.1) is 0 Å². The van der Waals surface area contributed by atoms with Crippen LogP contribution in [0.15, 0.2) is 18.2 Å². The van der Waals surface area contributed by atoms with E-state index in [4.69, 9.17) is 9.47 Å². The van der Waals surface area contributed by atoms with E-state index in [-0.39, 0.29) is 0 Å². The van der Waals surface area contributed by atoms with Gasteiger partial charge in [0.2, 0.25) is 0 Å². The highest BCUT2D eigenvalue weighted by atomic mass is 16.5. The summed E-state index contributed by atoms with van der Waals surface area (Å²) in [5, 5.41) is 3.36. The molecular formula is C14H22N2O2. The van der Waals surface area contributed by atoms with Gasteiger partial charge < -0.3 is 14.8 Å². The van der Waals surface area contributed by atoms with Crippen LogP contribution < -0.4 is 14.8 Å². The Hall–Kier alpha value is -1.26. The van der Waals surface area contributed by atoms with E-state index in [9.17, 15) is 0 Å². The monoisotopic (exact) mass is 250 g/mol. The summed E-state index contributed by atoms with van der Waals surface area (Å²) >= 11 is 0. The fourth-order valence-corrected chi connectivity index (χ4v) is 2.22. The van der Waals surface area contributed by atoms with Crippen LogP contribution >= 0.6 is 0 Å². The molecule has 1 aliphatic heterocycles. The Kier molecular flexibility index (Phi) is 4.84. The molecule has 1 aromatic carbocycles. The van der Waals surface area contributed by atoms with Gasteiger partial charge >= 0.3 is 0 Å². The molecule has 1 N–H and O–H groups in total. The molecule has 0 bridgehead atoms. The molecule has 1 aliphatic rings. The SMILES string of the molecule is CCOc1cc(CN2CCNCC2)ccc1OC. The maximum atomic E-state index is 5.60. The van der Waals surface area contributed by atoms with Crippen molar-refractivity contribution in [3.8, 4) is 11.5 Å². The van der Waals surface area contributed by atoms with E-state index >= 15 is 0 Å². The van der Waals surface area contributed by atoms with Gasteiger partial charge in [-0.05, 0) is 24.6 Å². The van der Waals surface area contributed by atoms with Crippen LogP contribution in [0.5, 0.6) is 11.5 Å². The lowest BCUT2D eigenvalue weighted by atomic mass is 10.1. The van der Waals surface area contributed by atoms with Crippen molar-refractivity contribution in [2.45, 2.75) is 13.5 Å². The molecule has 18 heavy (non-hydrogen) atoms. The van der Waals surface area contributed by atoms with Gasteiger partial charge in [0.25, 0.3) is 0 Å². The fourth-order valence-electron chi connectivity index (χ4n) is 2.22. The minimum Gasteiger partial charge on any atom is -0.493 e. The summed E-state index contributed by atoms with van der Waals surface area (Å²) in [6, 6.07) is 6.19. The molecule has 0 aromatic heterocycles. The maximum absolute atomic E-state index is 5.60. The van der Waals surface area contributed by atoms with Crippen molar-refractivity contribution < 1.29 is 9.47 Å². The minimum absolute atomic E-state index is 0.660. The second kappa shape index (κ2) is 6.61. The Bertz CT molecular complexity index is 376. The van der Waals surface area contributed by atoms with Gasteiger partial charge in [-0.1, -0.05) is 6.07 Å². The van der Waals surface area contributed by atoms with Crippen molar-refractivity contribution in [3.05, 3.63) is 23.8 Å². The summed E-state index contributed by atoms with van der Waals surface area (Å²) in [5.41, 5.74) is 1.28. The molecule has 1 fully saturated rings. The highest BCUT2D eigenvalue weighted by molar-refractivity contribution is 5.42. The minimum atomic E-state index is 0.660. The molecule has 100 valence electrons. The molecule has 0 amide bonds. The Morgan fingerprint density at radius 1 is 1.22 bits per heavy atom. The van der Waals surface area contributed by atoms with Gasteiger partial charge in [-0.3, -0.25) is 4.90 Å². The standard InChI is InChI=1S/C14H22N2O2/c1-3-18-14-10-12(4-5-13(14)17-2)11-16-8-6-15-7-9-16/h4-5,10,15H,3,6-9,11H2,1-2H3. The lowest BCUT2D eigenvalue weighted by molar-refractivity contribution is 0.232. The zero-order chi connectivity index (χ0) is 12.8. The summed E-state index contributed by atoms with van der Waals surface area (Å²) in [6.45, 7) is 8.00. The van der Waals surface area contributed by atoms with E-state index in [1.54, 1.807) is 7.11 Å². The number of benzene rings is 1. The Morgan fingerprint density at radius 3 is 2.67 bits per heavy atom. The highest BCUT2D eigenvalue weighted by Crippen LogP contribution is 2.28. The third-order valence-corrected chi connectivity index (χ3v) is 3.14. The molecule has 1 saturated heterocycles. The molecule has 1 heterocycles. The van der Waals surface area contributed by atoms with Gasteiger partial charge in [0.1, 0.15) is 0 Å². The van der Waals surface area contributed by atoms with Crippen LogP contribution in [-0.4, -0.2) is 44.8 Å². The number of nitrogens with one attached hydrogen (secondary N) is 1. The summed E-state index contributed by atoms with van der Waals surface area (Å²) in [6.07, 6.45) is 0. The molecule has 2 rings (SSSR count). The number of hydrogen-bond donors (Lipinski definition) is 1. The van der Waals surface area contributed by atoms with Gasteiger partial charge in [-0.2, -0.15) is 0 Å². The number of piperazine rings is 1. The smallest absolute Gasteiger partial charge is 0.161 e. The van der Waals surface area contributed by atoms with Crippen LogP contribution in [0.2, 0.25) is 0 Å². The predicted octanol–water partition coefficient (Wildman–Crippen LogP) is 1.50. The van der Waals surface area contributed by atoms with Crippen molar-refractivity contribution in [2.75, 3.05) is 39.9 Å². The van der Waals surface area contributed by atoms with Crippen LogP contribution in [-0.2, 0) is 6.54 Å². The van der Waals surface area contributed by atoms with Crippen molar-refractivity contribution in [2.24, 2.45) is 0 Å². The number of nitrogens with zero attached hydrogens (tertiary/aromatic N) is 1.